The van der Waals surface area contributed by atoms with Gasteiger partial charge in [0.05, 0.1) is 11.2 Å². The molecule has 0 saturated carbocycles. The van der Waals surface area contributed by atoms with Crippen molar-refractivity contribution in [2.24, 2.45) is 0 Å². The van der Waals surface area contributed by atoms with Crippen LogP contribution in [0.5, 0.6) is 0 Å². The Morgan fingerprint density at radius 1 is 1.17 bits per heavy atom. The van der Waals surface area contributed by atoms with Gasteiger partial charge in [-0.05, 0) is 6.07 Å². The van der Waals surface area contributed by atoms with Crippen LogP contribution >= 0.6 is 11.3 Å². The van der Waals surface area contributed by atoms with Gasteiger partial charge in [-0.2, -0.15) is 0 Å². The minimum Gasteiger partial charge on any atom is -0.354 e. The van der Waals surface area contributed by atoms with E-state index in [1.807, 2.05) is 10.4 Å². The second-order valence-corrected chi connectivity index (χ2v) is 6.10. The molecule has 8 heteroatoms. The molecule has 0 spiro atoms. The number of thiazole rings is 1. The summed E-state index contributed by atoms with van der Waals surface area (Å²) in [5.74, 6) is 0.745. The normalized spacial score (nSPS) is 15.6. The number of nitrogens with one attached hydrogen (secondary N) is 1. The third-order valence-corrected chi connectivity index (χ3v) is 4.42. The van der Waals surface area contributed by atoms with Crippen LogP contribution in [0.15, 0.2) is 29.4 Å². The van der Waals surface area contributed by atoms with Crippen LogP contribution in [-0.2, 0) is 11.3 Å². The first kappa shape index (κ1) is 15.8. The second kappa shape index (κ2) is 7.98. The lowest BCUT2D eigenvalue weighted by Crippen LogP contribution is -2.48. The predicted molar refractivity (Wildman–Crippen MR) is 89.1 cm³/mol. The second-order valence-electron chi connectivity index (χ2n) is 5.39. The van der Waals surface area contributed by atoms with Crippen molar-refractivity contribution < 1.29 is 4.79 Å². The molecule has 122 valence electrons. The maximum atomic E-state index is 12.2. The van der Waals surface area contributed by atoms with E-state index in [9.17, 15) is 4.79 Å². The molecular weight excluding hydrogens is 312 g/mol. The van der Waals surface area contributed by atoms with Crippen LogP contribution in [-0.4, -0.2) is 63.4 Å². The number of piperazine rings is 1. The van der Waals surface area contributed by atoms with Gasteiger partial charge in [0, 0.05) is 63.5 Å². The standard InChI is InChI=1S/C15H20N6OS/c22-14(2-5-18-15-16-3-1-4-17-15)21-8-6-20(7-9-21)10-13-11-23-12-19-13/h1,3-4,11-12H,2,5-10H2,(H,16,17,18). The van der Waals surface area contributed by atoms with Crippen molar-refractivity contribution in [3.63, 3.8) is 0 Å². The highest BCUT2D eigenvalue weighted by Crippen LogP contribution is 2.09. The molecule has 0 radical (unpaired) electrons. The van der Waals surface area contributed by atoms with E-state index in [2.05, 4.69) is 30.5 Å². The first-order valence-corrected chi connectivity index (χ1v) is 8.63. The molecule has 2 aromatic rings. The Bertz CT molecular complexity index is 598. The molecule has 1 aliphatic heterocycles. The molecule has 1 saturated heterocycles. The van der Waals surface area contributed by atoms with Gasteiger partial charge < -0.3 is 10.2 Å². The number of carbonyl (C=O) groups is 1. The molecule has 3 rings (SSSR count). The van der Waals surface area contributed by atoms with E-state index < -0.39 is 0 Å². The lowest BCUT2D eigenvalue weighted by molar-refractivity contribution is -0.132. The summed E-state index contributed by atoms with van der Waals surface area (Å²) in [6.45, 7) is 4.80. The van der Waals surface area contributed by atoms with Crippen LogP contribution in [0.4, 0.5) is 5.95 Å². The lowest BCUT2D eigenvalue weighted by Gasteiger charge is -2.34. The van der Waals surface area contributed by atoms with Crippen molar-refractivity contribution in [2.75, 3.05) is 38.0 Å². The Labute approximate surface area is 139 Å². The van der Waals surface area contributed by atoms with Crippen LogP contribution in [0.3, 0.4) is 0 Å². The summed E-state index contributed by atoms with van der Waals surface area (Å²) < 4.78 is 0. The van der Waals surface area contributed by atoms with Crippen molar-refractivity contribution in [2.45, 2.75) is 13.0 Å². The van der Waals surface area contributed by atoms with E-state index in [-0.39, 0.29) is 5.91 Å². The minimum absolute atomic E-state index is 0.182. The molecule has 0 unspecified atom stereocenters. The number of hydrogen-bond acceptors (Lipinski definition) is 7. The Balaban J connectivity index is 1.36. The number of rotatable bonds is 6. The SMILES string of the molecule is O=C(CCNc1ncccn1)N1CCN(Cc2cscn2)CC1. The van der Waals surface area contributed by atoms with Gasteiger partial charge in [-0.15, -0.1) is 11.3 Å². The number of amides is 1. The molecule has 0 aliphatic carbocycles. The first-order valence-electron chi connectivity index (χ1n) is 7.69. The van der Waals surface area contributed by atoms with E-state index in [1.54, 1.807) is 29.8 Å². The number of aromatic nitrogens is 3. The van der Waals surface area contributed by atoms with Gasteiger partial charge in [0.2, 0.25) is 11.9 Å². The maximum Gasteiger partial charge on any atom is 0.224 e. The fraction of sp³-hybridized carbons (Fsp3) is 0.467. The number of carbonyl (C=O) groups excluding carboxylic acids is 1. The van der Waals surface area contributed by atoms with Crippen LogP contribution < -0.4 is 5.32 Å². The lowest BCUT2D eigenvalue weighted by atomic mass is 10.2. The van der Waals surface area contributed by atoms with Crippen LogP contribution in [0.1, 0.15) is 12.1 Å². The van der Waals surface area contributed by atoms with Gasteiger partial charge in [-0.1, -0.05) is 0 Å². The summed E-state index contributed by atoms with van der Waals surface area (Å²) in [6, 6.07) is 1.77. The zero-order chi connectivity index (χ0) is 15.9. The summed E-state index contributed by atoms with van der Waals surface area (Å²) >= 11 is 1.62. The predicted octanol–water partition coefficient (Wildman–Crippen LogP) is 1.08. The molecule has 1 amide bonds. The van der Waals surface area contributed by atoms with Crippen LogP contribution in [0, 0.1) is 0 Å². The Kier molecular flexibility index (Phi) is 5.49. The molecular formula is C15H20N6OS. The highest BCUT2D eigenvalue weighted by molar-refractivity contribution is 7.07. The molecule has 0 bridgehead atoms. The molecule has 23 heavy (non-hydrogen) atoms. The van der Waals surface area contributed by atoms with Crippen LogP contribution in [0.2, 0.25) is 0 Å². The molecule has 0 aromatic carbocycles. The third-order valence-electron chi connectivity index (χ3n) is 3.78. The maximum absolute atomic E-state index is 12.2. The minimum atomic E-state index is 0.182. The van der Waals surface area contributed by atoms with Crippen LogP contribution in [0.25, 0.3) is 0 Å². The Morgan fingerprint density at radius 2 is 1.96 bits per heavy atom. The molecule has 1 N–H and O–H groups in total. The highest BCUT2D eigenvalue weighted by Gasteiger charge is 2.21. The van der Waals surface area contributed by atoms with E-state index in [1.165, 1.54) is 0 Å². The highest BCUT2D eigenvalue weighted by atomic mass is 32.1. The van der Waals surface area contributed by atoms with Crippen molar-refractivity contribution in [3.05, 3.63) is 35.0 Å². The number of anilines is 1. The monoisotopic (exact) mass is 332 g/mol. The molecule has 1 fully saturated rings. The average Bonchev–Trinajstić information content (AvgIpc) is 3.09. The largest absolute Gasteiger partial charge is 0.354 e. The number of hydrogen-bond donors (Lipinski definition) is 1. The quantitative estimate of drug-likeness (QED) is 0.853. The molecule has 3 heterocycles. The summed E-state index contributed by atoms with van der Waals surface area (Å²) in [4.78, 5) is 29.0. The van der Waals surface area contributed by atoms with E-state index in [0.717, 1.165) is 38.4 Å². The van der Waals surface area contributed by atoms with Gasteiger partial charge in [0.25, 0.3) is 0 Å². The molecule has 2 aromatic heterocycles. The average molecular weight is 332 g/mol. The molecule has 1 aliphatic rings. The topological polar surface area (TPSA) is 74.2 Å². The smallest absolute Gasteiger partial charge is 0.224 e. The number of nitrogens with zero attached hydrogens (tertiary/aromatic N) is 5. The summed E-state index contributed by atoms with van der Waals surface area (Å²) in [6.07, 6.45) is 3.82. The Hall–Kier alpha value is -2.06. The van der Waals surface area contributed by atoms with Crippen molar-refractivity contribution >= 4 is 23.2 Å². The zero-order valence-electron chi connectivity index (χ0n) is 12.9. The summed E-state index contributed by atoms with van der Waals surface area (Å²) in [5.41, 5.74) is 2.97. The van der Waals surface area contributed by atoms with Gasteiger partial charge in [0.15, 0.2) is 0 Å². The van der Waals surface area contributed by atoms with Gasteiger partial charge >= 0.3 is 0 Å². The van der Waals surface area contributed by atoms with Gasteiger partial charge in [-0.25, -0.2) is 15.0 Å². The first-order chi connectivity index (χ1) is 11.3. The van der Waals surface area contributed by atoms with Gasteiger partial charge in [-0.3, -0.25) is 9.69 Å². The van der Waals surface area contributed by atoms with Crippen molar-refractivity contribution in [1.82, 2.24) is 24.8 Å². The van der Waals surface area contributed by atoms with Crippen molar-refractivity contribution in [1.29, 1.82) is 0 Å². The molecule has 0 atom stereocenters. The summed E-state index contributed by atoms with van der Waals surface area (Å²) in [7, 11) is 0. The van der Waals surface area contributed by atoms with E-state index in [0.29, 0.717) is 18.9 Å². The Morgan fingerprint density at radius 3 is 2.65 bits per heavy atom. The molecule has 7 nitrogen and oxygen atoms in total. The van der Waals surface area contributed by atoms with E-state index >= 15 is 0 Å². The van der Waals surface area contributed by atoms with Gasteiger partial charge in [0.1, 0.15) is 0 Å². The summed E-state index contributed by atoms with van der Waals surface area (Å²) in [5, 5.41) is 5.14. The van der Waals surface area contributed by atoms with E-state index in [4.69, 9.17) is 0 Å². The van der Waals surface area contributed by atoms with Crippen molar-refractivity contribution in [3.8, 4) is 0 Å². The fourth-order valence-electron chi connectivity index (χ4n) is 2.53. The zero-order valence-corrected chi connectivity index (χ0v) is 13.7. The third kappa shape index (κ3) is 4.70. The fourth-order valence-corrected chi connectivity index (χ4v) is 3.08.